The van der Waals surface area contributed by atoms with E-state index in [1.165, 1.54) is 6.92 Å². The second-order valence-corrected chi connectivity index (χ2v) is 4.46. The molecule has 1 aromatic heterocycles. The van der Waals surface area contributed by atoms with Gasteiger partial charge in [-0.25, -0.2) is 9.18 Å². The van der Waals surface area contributed by atoms with Crippen molar-refractivity contribution >= 4 is 5.82 Å². The maximum atomic E-state index is 13.3. The Labute approximate surface area is 102 Å². The molecule has 0 radical (unpaired) electrons. The summed E-state index contributed by atoms with van der Waals surface area (Å²) >= 11 is 0. The summed E-state index contributed by atoms with van der Waals surface area (Å²) in [5, 5.41) is 18.9. The van der Waals surface area contributed by atoms with Crippen molar-refractivity contribution in [2.75, 3.05) is 12.3 Å². The molecule has 0 spiro atoms. The van der Waals surface area contributed by atoms with Crippen LogP contribution < -0.4 is 11.4 Å². The monoisotopic (exact) mass is 259 g/mol. The molecule has 3 atom stereocenters. The first-order valence-corrected chi connectivity index (χ1v) is 5.38. The lowest BCUT2D eigenvalue weighted by Gasteiger charge is -2.24. The first kappa shape index (κ1) is 12.9. The summed E-state index contributed by atoms with van der Waals surface area (Å²) in [7, 11) is 0. The van der Waals surface area contributed by atoms with Gasteiger partial charge in [0.15, 0.2) is 11.6 Å². The third kappa shape index (κ3) is 1.98. The van der Waals surface area contributed by atoms with E-state index in [-0.39, 0.29) is 6.42 Å². The molecule has 7 nitrogen and oxygen atoms in total. The zero-order chi connectivity index (χ0) is 13.5. The van der Waals surface area contributed by atoms with Gasteiger partial charge in [-0.2, -0.15) is 4.98 Å². The average molecular weight is 259 g/mol. The fourth-order valence-electron chi connectivity index (χ4n) is 1.85. The fraction of sp³-hybridized carbons (Fsp3) is 0.600. The Morgan fingerprint density at radius 1 is 1.78 bits per heavy atom. The number of hydrogen-bond donors (Lipinski definition) is 3. The topological polar surface area (TPSA) is 111 Å². The minimum atomic E-state index is -1.18. The normalized spacial score (nSPS) is 31.8. The SMILES string of the molecule is C[C@]1(CO)O[C@@H](n2cc(F)c(N)nc2=O)C[C@@H]1O. The van der Waals surface area contributed by atoms with E-state index in [0.29, 0.717) is 0 Å². The summed E-state index contributed by atoms with van der Waals surface area (Å²) in [6.45, 7) is 1.09. The lowest BCUT2D eigenvalue weighted by atomic mass is 10.0. The number of ether oxygens (including phenoxy) is 1. The van der Waals surface area contributed by atoms with Gasteiger partial charge in [-0.1, -0.05) is 0 Å². The van der Waals surface area contributed by atoms with E-state index in [2.05, 4.69) is 4.98 Å². The van der Waals surface area contributed by atoms with Crippen molar-refractivity contribution in [3.8, 4) is 0 Å². The second-order valence-electron chi connectivity index (χ2n) is 4.46. The molecule has 1 aliphatic heterocycles. The number of nitrogen functional groups attached to an aromatic ring is 1. The van der Waals surface area contributed by atoms with E-state index >= 15 is 0 Å². The summed E-state index contributed by atoms with van der Waals surface area (Å²) in [5.41, 5.74) is 3.22. The predicted octanol–water partition coefficient (Wildman–Crippen LogP) is -1.00. The molecular weight excluding hydrogens is 245 g/mol. The van der Waals surface area contributed by atoms with Gasteiger partial charge in [-0.15, -0.1) is 0 Å². The molecule has 2 heterocycles. The average Bonchev–Trinajstić information content (AvgIpc) is 2.61. The molecule has 8 heteroatoms. The van der Waals surface area contributed by atoms with Crippen molar-refractivity contribution in [1.29, 1.82) is 0 Å². The molecule has 0 aromatic carbocycles. The fourth-order valence-corrected chi connectivity index (χ4v) is 1.85. The molecule has 0 amide bonds. The van der Waals surface area contributed by atoms with Crippen molar-refractivity contribution in [2.45, 2.75) is 31.3 Å². The van der Waals surface area contributed by atoms with Crippen LogP contribution in [0.25, 0.3) is 0 Å². The maximum Gasteiger partial charge on any atom is 0.351 e. The first-order valence-electron chi connectivity index (χ1n) is 5.38. The number of anilines is 1. The predicted molar refractivity (Wildman–Crippen MR) is 59.1 cm³/mol. The molecule has 0 unspecified atom stereocenters. The third-order valence-corrected chi connectivity index (χ3v) is 3.09. The van der Waals surface area contributed by atoms with Gasteiger partial charge >= 0.3 is 5.69 Å². The Bertz CT molecular complexity index is 520. The van der Waals surface area contributed by atoms with Crippen LogP contribution in [-0.4, -0.2) is 38.1 Å². The number of halogens is 1. The summed E-state index contributed by atoms with van der Waals surface area (Å²) < 4.78 is 19.6. The van der Waals surface area contributed by atoms with Crippen LogP contribution >= 0.6 is 0 Å². The Balaban J connectivity index is 2.35. The number of aromatic nitrogens is 2. The largest absolute Gasteiger partial charge is 0.393 e. The number of aliphatic hydroxyl groups is 2. The van der Waals surface area contributed by atoms with Crippen LogP contribution in [0.1, 0.15) is 19.6 Å². The van der Waals surface area contributed by atoms with Crippen molar-refractivity contribution in [1.82, 2.24) is 9.55 Å². The lowest BCUT2D eigenvalue weighted by Crippen LogP contribution is -2.39. The Hall–Kier alpha value is -1.51. The summed E-state index contributed by atoms with van der Waals surface area (Å²) in [4.78, 5) is 14.9. The Kier molecular flexibility index (Phi) is 3.09. The highest BCUT2D eigenvalue weighted by atomic mass is 19.1. The highest BCUT2D eigenvalue weighted by Crippen LogP contribution is 2.35. The number of aliphatic hydroxyl groups excluding tert-OH is 2. The minimum Gasteiger partial charge on any atom is -0.393 e. The van der Waals surface area contributed by atoms with Gasteiger partial charge in [0.2, 0.25) is 0 Å². The molecule has 1 aromatic rings. The standard InChI is InChI=1S/C10H14FN3O4/c1-10(4-15)6(16)2-7(18-10)14-3-5(11)8(12)13-9(14)17/h3,6-7,15-16H,2,4H2,1H3,(H2,12,13,17)/t6-,7+,10+/m0/s1. The van der Waals surface area contributed by atoms with E-state index in [1.54, 1.807) is 0 Å². The van der Waals surface area contributed by atoms with Gasteiger partial charge < -0.3 is 20.7 Å². The van der Waals surface area contributed by atoms with Crippen LogP contribution in [0.4, 0.5) is 10.2 Å². The molecule has 4 N–H and O–H groups in total. The Morgan fingerprint density at radius 2 is 2.44 bits per heavy atom. The van der Waals surface area contributed by atoms with Crippen LogP contribution in [-0.2, 0) is 4.74 Å². The molecule has 0 saturated carbocycles. The van der Waals surface area contributed by atoms with Crippen LogP contribution in [0, 0.1) is 5.82 Å². The smallest absolute Gasteiger partial charge is 0.351 e. The molecule has 2 rings (SSSR count). The number of nitrogens with two attached hydrogens (primary N) is 1. The van der Waals surface area contributed by atoms with Gasteiger partial charge in [-0.05, 0) is 6.92 Å². The zero-order valence-corrected chi connectivity index (χ0v) is 9.71. The first-order chi connectivity index (χ1) is 8.37. The van der Waals surface area contributed by atoms with Crippen molar-refractivity contribution < 1.29 is 19.3 Å². The van der Waals surface area contributed by atoms with Crippen LogP contribution in [0.15, 0.2) is 11.0 Å². The molecular formula is C10H14FN3O4. The van der Waals surface area contributed by atoms with Crippen molar-refractivity contribution in [2.24, 2.45) is 0 Å². The van der Waals surface area contributed by atoms with E-state index < -0.39 is 41.9 Å². The lowest BCUT2D eigenvalue weighted by molar-refractivity contribution is -0.117. The van der Waals surface area contributed by atoms with E-state index in [4.69, 9.17) is 15.6 Å². The molecule has 1 fully saturated rings. The molecule has 0 bridgehead atoms. The van der Waals surface area contributed by atoms with Crippen molar-refractivity contribution in [3.63, 3.8) is 0 Å². The van der Waals surface area contributed by atoms with E-state index in [0.717, 1.165) is 10.8 Å². The summed E-state index contributed by atoms with van der Waals surface area (Å²) in [6.07, 6.45) is -0.903. The number of rotatable bonds is 2. The number of hydrogen-bond acceptors (Lipinski definition) is 6. The third-order valence-electron chi connectivity index (χ3n) is 3.09. The summed E-state index contributed by atoms with van der Waals surface area (Å²) in [5.74, 6) is -1.33. The highest BCUT2D eigenvalue weighted by Gasteiger charge is 2.45. The van der Waals surface area contributed by atoms with Crippen LogP contribution in [0.3, 0.4) is 0 Å². The van der Waals surface area contributed by atoms with E-state index in [1.807, 2.05) is 0 Å². The van der Waals surface area contributed by atoms with E-state index in [9.17, 15) is 14.3 Å². The van der Waals surface area contributed by atoms with Crippen molar-refractivity contribution in [3.05, 3.63) is 22.5 Å². The zero-order valence-electron chi connectivity index (χ0n) is 9.71. The van der Waals surface area contributed by atoms with Gasteiger partial charge in [0.1, 0.15) is 11.8 Å². The molecule has 0 aliphatic carbocycles. The minimum absolute atomic E-state index is 0.0575. The van der Waals surface area contributed by atoms with Gasteiger partial charge in [0.25, 0.3) is 0 Å². The maximum absolute atomic E-state index is 13.3. The second kappa shape index (κ2) is 4.30. The quantitative estimate of drug-likeness (QED) is 0.628. The summed E-state index contributed by atoms with van der Waals surface area (Å²) in [6, 6.07) is 0. The number of nitrogens with zero attached hydrogens (tertiary/aromatic N) is 2. The molecule has 18 heavy (non-hydrogen) atoms. The van der Waals surface area contributed by atoms with Crippen LogP contribution in [0.5, 0.6) is 0 Å². The van der Waals surface area contributed by atoms with Crippen LogP contribution in [0.2, 0.25) is 0 Å². The Morgan fingerprint density at radius 3 is 3.00 bits per heavy atom. The highest BCUT2D eigenvalue weighted by molar-refractivity contribution is 5.26. The van der Waals surface area contributed by atoms with Gasteiger partial charge in [-0.3, -0.25) is 4.57 Å². The van der Waals surface area contributed by atoms with Gasteiger partial charge in [0, 0.05) is 6.42 Å². The molecule has 1 aliphatic rings. The molecule has 1 saturated heterocycles. The van der Waals surface area contributed by atoms with Gasteiger partial charge in [0.05, 0.1) is 18.9 Å². The molecule has 100 valence electrons.